The smallest absolute Gasteiger partial charge is 0.339 e. The molecule has 0 bridgehead atoms. The zero-order valence-corrected chi connectivity index (χ0v) is 13.8. The van der Waals surface area contributed by atoms with Gasteiger partial charge in [0.1, 0.15) is 17.1 Å². The Labute approximate surface area is 144 Å². The standard InChI is InChI=1S/C18H17NO6/c1-11-14(18(21)22)8-13(25-11)9-19(2)17(20)6-4-12-3-5-15-16(7-12)24-10-23-15/h3-8H,9-10H2,1-2H3,(H,21,22). The number of carboxylic acid groups (broad SMARTS) is 1. The topological polar surface area (TPSA) is 89.2 Å². The van der Waals surface area contributed by atoms with Crippen molar-refractivity contribution in [3.8, 4) is 11.5 Å². The molecule has 0 saturated carbocycles. The van der Waals surface area contributed by atoms with Crippen molar-refractivity contribution in [1.29, 1.82) is 0 Å². The maximum atomic E-state index is 12.2. The number of likely N-dealkylation sites (N-methyl/N-ethyl adjacent to an activating group) is 1. The van der Waals surface area contributed by atoms with E-state index in [2.05, 4.69) is 0 Å². The molecule has 0 saturated heterocycles. The molecule has 0 spiro atoms. The number of carboxylic acids is 1. The minimum absolute atomic E-state index is 0.103. The quantitative estimate of drug-likeness (QED) is 0.840. The van der Waals surface area contributed by atoms with Crippen LogP contribution in [0.5, 0.6) is 11.5 Å². The highest BCUT2D eigenvalue weighted by Gasteiger charge is 2.16. The highest BCUT2D eigenvalue weighted by molar-refractivity contribution is 5.92. The SMILES string of the molecule is Cc1oc(CN(C)C(=O)C=Cc2ccc3c(c2)OCO3)cc1C(=O)O. The number of hydrogen-bond donors (Lipinski definition) is 1. The van der Waals surface area contributed by atoms with E-state index < -0.39 is 5.97 Å². The molecule has 0 aliphatic carbocycles. The van der Waals surface area contributed by atoms with Crippen LogP contribution < -0.4 is 9.47 Å². The van der Waals surface area contributed by atoms with Crippen molar-refractivity contribution in [1.82, 2.24) is 4.90 Å². The van der Waals surface area contributed by atoms with Crippen LogP contribution in [0.1, 0.15) is 27.4 Å². The number of benzene rings is 1. The number of aryl methyl sites for hydroxylation is 1. The first-order chi connectivity index (χ1) is 11.9. The Morgan fingerprint density at radius 2 is 2.00 bits per heavy atom. The lowest BCUT2D eigenvalue weighted by atomic mass is 10.2. The number of hydrogen-bond acceptors (Lipinski definition) is 5. The van der Waals surface area contributed by atoms with Gasteiger partial charge >= 0.3 is 5.97 Å². The fourth-order valence-electron chi connectivity index (χ4n) is 2.46. The molecule has 7 nitrogen and oxygen atoms in total. The van der Waals surface area contributed by atoms with E-state index >= 15 is 0 Å². The van der Waals surface area contributed by atoms with Crippen molar-refractivity contribution in [2.75, 3.05) is 13.8 Å². The lowest BCUT2D eigenvalue weighted by molar-refractivity contribution is -0.125. The van der Waals surface area contributed by atoms with Gasteiger partial charge in [-0.05, 0) is 36.8 Å². The molecule has 0 atom stereocenters. The third-order valence-electron chi connectivity index (χ3n) is 3.78. The molecule has 1 amide bonds. The Balaban J connectivity index is 1.64. The van der Waals surface area contributed by atoms with Crippen molar-refractivity contribution < 1.29 is 28.6 Å². The third-order valence-corrected chi connectivity index (χ3v) is 3.78. The zero-order chi connectivity index (χ0) is 18.0. The first-order valence-electron chi connectivity index (χ1n) is 7.59. The van der Waals surface area contributed by atoms with Crippen LogP contribution in [0.2, 0.25) is 0 Å². The Hall–Kier alpha value is -3.22. The molecule has 1 aliphatic rings. The molecule has 7 heteroatoms. The van der Waals surface area contributed by atoms with E-state index in [0.717, 1.165) is 5.56 Å². The Morgan fingerprint density at radius 3 is 2.72 bits per heavy atom. The minimum Gasteiger partial charge on any atom is -0.478 e. The number of amides is 1. The summed E-state index contributed by atoms with van der Waals surface area (Å²) in [7, 11) is 1.62. The molecule has 2 heterocycles. The molecule has 3 rings (SSSR count). The molecule has 130 valence electrons. The number of nitrogens with zero attached hydrogens (tertiary/aromatic N) is 1. The highest BCUT2D eigenvalue weighted by Crippen LogP contribution is 2.32. The largest absolute Gasteiger partial charge is 0.478 e. The van der Waals surface area contributed by atoms with Gasteiger partial charge in [-0.15, -0.1) is 0 Å². The van der Waals surface area contributed by atoms with Gasteiger partial charge in [-0.2, -0.15) is 0 Å². The van der Waals surface area contributed by atoms with E-state index in [1.54, 1.807) is 32.2 Å². The van der Waals surface area contributed by atoms with Gasteiger partial charge in [-0.3, -0.25) is 4.79 Å². The van der Waals surface area contributed by atoms with Gasteiger partial charge in [-0.1, -0.05) is 6.07 Å². The van der Waals surface area contributed by atoms with E-state index in [9.17, 15) is 9.59 Å². The molecule has 1 aromatic heterocycles. The fourth-order valence-corrected chi connectivity index (χ4v) is 2.46. The number of ether oxygens (including phenoxy) is 2. The van der Waals surface area contributed by atoms with E-state index in [4.69, 9.17) is 19.0 Å². The lowest BCUT2D eigenvalue weighted by Gasteiger charge is -2.13. The van der Waals surface area contributed by atoms with Gasteiger partial charge in [0.05, 0.1) is 6.54 Å². The average molecular weight is 343 g/mol. The molecule has 1 N–H and O–H groups in total. The van der Waals surface area contributed by atoms with Crippen molar-refractivity contribution in [2.24, 2.45) is 0 Å². The van der Waals surface area contributed by atoms with Crippen LogP contribution in [-0.4, -0.2) is 35.7 Å². The summed E-state index contributed by atoms with van der Waals surface area (Å²) in [6.07, 6.45) is 3.11. The second kappa shape index (κ2) is 6.72. The maximum absolute atomic E-state index is 12.2. The number of fused-ring (bicyclic) bond motifs is 1. The number of rotatable bonds is 5. The summed E-state index contributed by atoms with van der Waals surface area (Å²) in [4.78, 5) is 24.7. The van der Waals surface area contributed by atoms with Crippen LogP contribution in [0.25, 0.3) is 6.08 Å². The summed E-state index contributed by atoms with van der Waals surface area (Å²) in [5.74, 6) is 0.785. The molecule has 0 radical (unpaired) electrons. The van der Waals surface area contributed by atoms with Gasteiger partial charge < -0.3 is 23.9 Å². The predicted molar refractivity (Wildman–Crippen MR) is 88.5 cm³/mol. The van der Waals surface area contributed by atoms with Crippen molar-refractivity contribution in [3.63, 3.8) is 0 Å². The third kappa shape index (κ3) is 3.65. The number of carbonyl (C=O) groups excluding carboxylic acids is 1. The van der Waals surface area contributed by atoms with E-state index in [1.807, 2.05) is 6.07 Å². The van der Waals surface area contributed by atoms with Gasteiger partial charge in [0.25, 0.3) is 0 Å². The molecule has 0 unspecified atom stereocenters. The molecule has 25 heavy (non-hydrogen) atoms. The Kier molecular flexibility index (Phi) is 4.47. The van der Waals surface area contributed by atoms with Crippen molar-refractivity contribution in [3.05, 3.63) is 53.0 Å². The molecule has 2 aromatic rings. The van der Waals surface area contributed by atoms with Crippen molar-refractivity contribution >= 4 is 18.0 Å². The normalized spacial score (nSPS) is 12.6. The summed E-state index contributed by atoms with van der Waals surface area (Å²) in [5.41, 5.74) is 0.916. The number of aromatic carboxylic acids is 1. The molecular formula is C18H17NO6. The second-order valence-corrected chi connectivity index (χ2v) is 5.63. The number of furan rings is 1. The maximum Gasteiger partial charge on any atom is 0.339 e. The van der Waals surface area contributed by atoms with Crippen LogP contribution >= 0.6 is 0 Å². The number of carbonyl (C=O) groups is 2. The van der Waals surface area contributed by atoms with E-state index in [0.29, 0.717) is 23.0 Å². The van der Waals surface area contributed by atoms with Crippen molar-refractivity contribution in [2.45, 2.75) is 13.5 Å². The van der Waals surface area contributed by atoms with Gasteiger partial charge in [0.15, 0.2) is 11.5 Å². The van der Waals surface area contributed by atoms with E-state index in [-0.39, 0.29) is 24.8 Å². The van der Waals surface area contributed by atoms with Crippen LogP contribution in [0.15, 0.2) is 34.8 Å². The van der Waals surface area contributed by atoms with Crippen LogP contribution in [0.4, 0.5) is 0 Å². The van der Waals surface area contributed by atoms with E-state index in [1.165, 1.54) is 17.0 Å². The van der Waals surface area contributed by atoms with Crippen LogP contribution in [-0.2, 0) is 11.3 Å². The lowest BCUT2D eigenvalue weighted by Crippen LogP contribution is -2.23. The average Bonchev–Trinajstić information content (AvgIpc) is 3.18. The first-order valence-corrected chi connectivity index (χ1v) is 7.59. The predicted octanol–water partition coefficient (Wildman–Crippen LogP) is 2.69. The summed E-state index contributed by atoms with van der Waals surface area (Å²) in [6, 6.07) is 6.84. The summed E-state index contributed by atoms with van der Waals surface area (Å²) < 4.78 is 15.9. The zero-order valence-electron chi connectivity index (χ0n) is 13.8. The van der Waals surface area contributed by atoms with Gasteiger partial charge in [0.2, 0.25) is 12.7 Å². The van der Waals surface area contributed by atoms with Gasteiger partial charge in [0, 0.05) is 13.1 Å². The van der Waals surface area contributed by atoms with Crippen LogP contribution in [0.3, 0.4) is 0 Å². The van der Waals surface area contributed by atoms with Gasteiger partial charge in [-0.25, -0.2) is 4.79 Å². The van der Waals surface area contributed by atoms with Crippen LogP contribution in [0, 0.1) is 6.92 Å². The second-order valence-electron chi connectivity index (χ2n) is 5.63. The molecular weight excluding hydrogens is 326 g/mol. The molecule has 1 aromatic carbocycles. The molecule has 1 aliphatic heterocycles. The summed E-state index contributed by atoms with van der Waals surface area (Å²) in [6.45, 7) is 1.96. The Morgan fingerprint density at radius 1 is 1.24 bits per heavy atom. The first kappa shape index (κ1) is 16.6. The Bertz CT molecular complexity index is 851. The molecule has 0 fully saturated rings. The highest BCUT2D eigenvalue weighted by atomic mass is 16.7. The fraction of sp³-hybridized carbons (Fsp3) is 0.222. The summed E-state index contributed by atoms with van der Waals surface area (Å²) >= 11 is 0. The summed E-state index contributed by atoms with van der Waals surface area (Å²) in [5, 5.41) is 9.03. The monoisotopic (exact) mass is 343 g/mol. The minimum atomic E-state index is -1.05.